The topological polar surface area (TPSA) is 77.2 Å². The first kappa shape index (κ1) is 15.4. The molecule has 0 aliphatic rings. The number of alkyl halides is 1. The van der Waals surface area contributed by atoms with Crippen molar-refractivity contribution in [3.05, 3.63) is 29.8 Å². The summed E-state index contributed by atoms with van der Waals surface area (Å²) in [5.41, 5.74) is 6.89. The fraction of sp³-hybridized carbons (Fsp3) is 0.333. The lowest BCUT2D eigenvalue weighted by molar-refractivity contribution is -0.118. The molecule has 3 N–H and O–H groups in total. The van der Waals surface area contributed by atoms with E-state index in [4.69, 9.17) is 22.1 Å². The molecule has 112 valence electrons. The number of aromatic nitrogens is 1. The van der Waals surface area contributed by atoms with Crippen LogP contribution in [0.15, 0.2) is 24.3 Å². The number of ether oxygens (including phenoxy) is 1. The van der Waals surface area contributed by atoms with Gasteiger partial charge in [0.2, 0.25) is 5.91 Å². The van der Waals surface area contributed by atoms with E-state index in [0.717, 1.165) is 28.0 Å². The first-order valence-corrected chi connectivity index (χ1v) is 7.23. The fourth-order valence-electron chi connectivity index (χ4n) is 2.05. The molecule has 1 amide bonds. The third kappa shape index (κ3) is 3.98. The molecule has 0 unspecified atom stereocenters. The summed E-state index contributed by atoms with van der Waals surface area (Å²) in [6, 6.07) is 7.69. The number of fused-ring (bicyclic) bond motifs is 1. The lowest BCUT2D eigenvalue weighted by Crippen LogP contribution is -2.13. The second kappa shape index (κ2) is 7.13. The van der Waals surface area contributed by atoms with Crippen molar-refractivity contribution in [1.29, 1.82) is 0 Å². The van der Waals surface area contributed by atoms with Crippen LogP contribution in [0.25, 0.3) is 10.9 Å². The Hall–Kier alpha value is -2.01. The van der Waals surface area contributed by atoms with E-state index in [1.807, 2.05) is 24.3 Å². The highest BCUT2D eigenvalue weighted by Crippen LogP contribution is 2.25. The van der Waals surface area contributed by atoms with E-state index in [-0.39, 0.29) is 5.91 Å². The van der Waals surface area contributed by atoms with E-state index in [1.54, 1.807) is 7.11 Å². The number of methoxy groups -OCH3 is 1. The summed E-state index contributed by atoms with van der Waals surface area (Å²) in [6.45, 7) is 0.626. The van der Waals surface area contributed by atoms with Gasteiger partial charge in [-0.05, 0) is 30.7 Å². The third-order valence-electron chi connectivity index (χ3n) is 3.14. The van der Waals surface area contributed by atoms with Gasteiger partial charge < -0.3 is 15.8 Å². The molecule has 0 saturated heterocycles. The first-order valence-electron chi connectivity index (χ1n) is 6.70. The number of nitrogens with one attached hydrogen (secondary N) is 1. The Bertz CT molecular complexity index is 646. The predicted octanol–water partition coefficient (Wildman–Crippen LogP) is 2.66. The minimum absolute atomic E-state index is 0.298. The number of rotatable bonds is 7. The van der Waals surface area contributed by atoms with Crippen LogP contribution in [0.3, 0.4) is 0 Å². The molecule has 0 aliphatic carbocycles. The van der Waals surface area contributed by atoms with Crippen LogP contribution in [0.4, 0.5) is 5.82 Å². The van der Waals surface area contributed by atoms with E-state index in [0.29, 0.717) is 25.3 Å². The van der Waals surface area contributed by atoms with E-state index in [2.05, 4.69) is 10.3 Å². The normalized spacial score (nSPS) is 10.6. The molecule has 2 rings (SSSR count). The smallest absolute Gasteiger partial charge is 0.217 e. The summed E-state index contributed by atoms with van der Waals surface area (Å²) in [4.78, 5) is 15.3. The highest BCUT2D eigenvalue weighted by Gasteiger charge is 2.07. The Morgan fingerprint density at radius 2 is 2.24 bits per heavy atom. The van der Waals surface area contributed by atoms with Gasteiger partial charge in [0.1, 0.15) is 11.6 Å². The quantitative estimate of drug-likeness (QED) is 0.609. The minimum atomic E-state index is -0.298. The van der Waals surface area contributed by atoms with Gasteiger partial charge in [-0.2, -0.15) is 0 Å². The Balaban J connectivity index is 2.20. The monoisotopic (exact) mass is 307 g/mol. The molecular formula is C15H18ClN3O2. The van der Waals surface area contributed by atoms with Crippen molar-refractivity contribution in [3.8, 4) is 5.75 Å². The molecule has 0 aliphatic heterocycles. The molecule has 21 heavy (non-hydrogen) atoms. The average molecular weight is 308 g/mol. The number of halogens is 1. The molecule has 0 fully saturated rings. The molecule has 5 nitrogen and oxygen atoms in total. The maximum atomic E-state index is 10.7. The zero-order chi connectivity index (χ0) is 15.2. The number of nitrogens with two attached hydrogens (primary N) is 1. The van der Waals surface area contributed by atoms with Gasteiger partial charge in [0.05, 0.1) is 18.5 Å². The molecular weight excluding hydrogens is 290 g/mol. The first-order chi connectivity index (χ1) is 10.1. The zero-order valence-corrected chi connectivity index (χ0v) is 12.6. The van der Waals surface area contributed by atoms with Crippen LogP contribution in [-0.2, 0) is 10.7 Å². The highest BCUT2D eigenvalue weighted by molar-refractivity contribution is 6.17. The molecule has 6 heteroatoms. The van der Waals surface area contributed by atoms with Crippen LogP contribution < -0.4 is 15.8 Å². The molecule has 0 spiro atoms. The number of nitrogens with zero attached hydrogens (tertiary/aromatic N) is 1. The Morgan fingerprint density at radius 1 is 1.43 bits per heavy atom. The van der Waals surface area contributed by atoms with Gasteiger partial charge in [-0.15, -0.1) is 11.6 Å². The molecule has 1 aromatic heterocycles. The number of hydrogen-bond acceptors (Lipinski definition) is 4. The van der Waals surface area contributed by atoms with Gasteiger partial charge >= 0.3 is 0 Å². The predicted molar refractivity (Wildman–Crippen MR) is 84.8 cm³/mol. The minimum Gasteiger partial charge on any atom is -0.497 e. The van der Waals surface area contributed by atoms with Crippen LogP contribution in [-0.4, -0.2) is 24.5 Å². The molecule has 0 bridgehead atoms. The Morgan fingerprint density at radius 3 is 2.90 bits per heavy atom. The SMILES string of the molecule is COc1ccc2nc(NCCCC(N)=O)c(CCl)cc2c1. The van der Waals surface area contributed by atoms with Gasteiger partial charge in [0.15, 0.2) is 0 Å². The summed E-state index contributed by atoms with van der Waals surface area (Å²) >= 11 is 5.98. The van der Waals surface area contributed by atoms with Gasteiger partial charge in [0, 0.05) is 23.9 Å². The number of hydrogen-bond donors (Lipinski definition) is 2. The second-order valence-corrected chi connectivity index (χ2v) is 4.95. The maximum absolute atomic E-state index is 10.7. The second-order valence-electron chi connectivity index (χ2n) is 4.69. The Kier molecular flexibility index (Phi) is 5.22. The Labute approximate surface area is 128 Å². The molecule has 0 atom stereocenters. The van der Waals surface area contributed by atoms with Crippen molar-refractivity contribution < 1.29 is 9.53 Å². The summed E-state index contributed by atoms with van der Waals surface area (Å²) in [7, 11) is 1.63. The molecule has 0 saturated carbocycles. The average Bonchev–Trinajstić information content (AvgIpc) is 2.49. The van der Waals surface area contributed by atoms with Gasteiger partial charge in [-0.25, -0.2) is 4.98 Å². The summed E-state index contributed by atoms with van der Waals surface area (Å²) in [6.07, 6.45) is 1.02. The largest absolute Gasteiger partial charge is 0.497 e. The number of anilines is 1. The van der Waals surface area contributed by atoms with Crippen molar-refractivity contribution in [2.75, 3.05) is 19.0 Å². The molecule has 0 radical (unpaired) electrons. The number of carbonyl (C=O) groups is 1. The number of benzene rings is 1. The van der Waals surface area contributed by atoms with Crippen LogP contribution in [0.5, 0.6) is 5.75 Å². The van der Waals surface area contributed by atoms with E-state index in [1.165, 1.54) is 0 Å². The van der Waals surface area contributed by atoms with Crippen molar-refractivity contribution in [1.82, 2.24) is 4.98 Å². The van der Waals surface area contributed by atoms with Gasteiger partial charge in [-0.1, -0.05) is 0 Å². The number of carbonyl (C=O) groups excluding carboxylic acids is 1. The standard InChI is InChI=1S/C15H18ClN3O2/c1-21-12-4-5-13-10(8-12)7-11(9-16)15(19-13)18-6-2-3-14(17)20/h4-5,7-8H,2-3,6,9H2,1H3,(H2,17,20)(H,18,19). The third-order valence-corrected chi connectivity index (χ3v) is 3.43. The van der Waals surface area contributed by atoms with Crippen molar-refractivity contribution >= 4 is 34.2 Å². The van der Waals surface area contributed by atoms with Crippen LogP contribution in [0, 0.1) is 0 Å². The molecule has 1 heterocycles. The highest BCUT2D eigenvalue weighted by atomic mass is 35.5. The van der Waals surface area contributed by atoms with Crippen molar-refractivity contribution in [2.45, 2.75) is 18.7 Å². The number of primary amides is 1. The van der Waals surface area contributed by atoms with Crippen molar-refractivity contribution in [2.24, 2.45) is 5.73 Å². The van der Waals surface area contributed by atoms with Crippen LogP contribution in [0.1, 0.15) is 18.4 Å². The lowest BCUT2D eigenvalue weighted by Gasteiger charge is -2.11. The molecule has 2 aromatic rings. The summed E-state index contributed by atoms with van der Waals surface area (Å²) in [5, 5.41) is 4.19. The van der Waals surface area contributed by atoms with Crippen LogP contribution >= 0.6 is 11.6 Å². The van der Waals surface area contributed by atoms with Gasteiger partial charge in [-0.3, -0.25) is 4.79 Å². The number of pyridine rings is 1. The van der Waals surface area contributed by atoms with E-state index >= 15 is 0 Å². The van der Waals surface area contributed by atoms with E-state index in [9.17, 15) is 4.79 Å². The summed E-state index contributed by atoms with van der Waals surface area (Å²) < 4.78 is 5.21. The maximum Gasteiger partial charge on any atom is 0.217 e. The van der Waals surface area contributed by atoms with Gasteiger partial charge in [0.25, 0.3) is 0 Å². The summed E-state index contributed by atoms with van der Waals surface area (Å²) in [5.74, 6) is 1.59. The van der Waals surface area contributed by atoms with Crippen LogP contribution in [0.2, 0.25) is 0 Å². The fourth-order valence-corrected chi connectivity index (χ4v) is 2.25. The lowest BCUT2D eigenvalue weighted by atomic mass is 10.1. The van der Waals surface area contributed by atoms with Crippen molar-refractivity contribution in [3.63, 3.8) is 0 Å². The number of amides is 1. The zero-order valence-electron chi connectivity index (χ0n) is 11.9. The molecule has 1 aromatic carbocycles. The van der Waals surface area contributed by atoms with E-state index < -0.39 is 0 Å².